The third-order valence-corrected chi connectivity index (χ3v) is 2.99. The zero-order valence-electron chi connectivity index (χ0n) is 9.32. The van der Waals surface area contributed by atoms with Crippen LogP contribution in [0.3, 0.4) is 0 Å². The van der Waals surface area contributed by atoms with Gasteiger partial charge in [0.2, 0.25) is 10.0 Å². The highest BCUT2D eigenvalue weighted by molar-refractivity contribution is 7.88. The molecule has 0 saturated carbocycles. The fourth-order valence-electron chi connectivity index (χ4n) is 1.39. The van der Waals surface area contributed by atoms with Gasteiger partial charge in [-0.05, 0) is 12.5 Å². The Labute approximate surface area is 98.1 Å². The smallest absolute Gasteiger partial charge is 0.445 e. The van der Waals surface area contributed by atoms with Crippen molar-refractivity contribution >= 4 is 22.5 Å². The maximum Gasteiger partial charge on any atom is 0.509 e. The molecule has 0 bridgehead atoms. The van der Waals surface area contributed by atoms with Gasteiger partial charge in [0.05, 0.1) is 6.26 Å². The second kappa shape index (κ2) is 4.69. The van der Waals surface area contributed by atoms with E-state index in [0.29, 0.717) is 5.56 Å². The normalized spacial score (nSPS) is 14.6. The Morgan fingerprint density at radius 3 is 2.00 bits per heavy atom. The molecule has 0 aromatic heterocycles. The lowest BCUT2D eigenvalue weighted by atomic mass is 9.80. The van der Waals surface area contributed by atoms with E-state index in [1.807, 2.05) is 0 Å². The highest BCUT2D eigenvalue weighted by atomic mass is 32.2. The lowest BCUT2D eigenvalue weighted by Crippen LogP contribution is -2.34. The summed E-state index contributed by atoms with van der Waals surface area (Å²) in [5.41, 5.74) is -0.209. The van der Waals surface area contributed by atoms with E-state index in [1.165, 1.54) is 12.1 Å². The predicted octanol–water partition coefficient (Wildman–Crippen LogP) is 1.35. The first-order chi connectivity index (χ1) is 7.59. The minimum atomic E-state index is -5.01. The van der Waals surface area contributed by atoms with Crippen molar-refractivity contribution in [2.24, 2.45) is 0 Å². The van der Waals surface area contributed by atoms with Crippen molar-refractivity contribution < 1.29 is 21.4 Å². The molecule has 17 heavy (non-hydrogen) atoms. The summed E-state index contributed by atoms with van der Waals surface area (Å²) in [5.74, 6) is 0. The van der Waals surface area contributed by atoms with Crippen LogP contribution in [0.5, 0.6) is 0 Å². The van der Waals surface area contributed by atoms with Gasteiger partial charge >= 0.3 is 6.98 Å². The number of halogens is 3. The molecule has 0 radical (unpaired) electrons. The molecule has 0 unspecified atom stereocenters. The second-order valence-corrected chi connectivity index (χ2v) is 5.63. The average molecular weight is 266 g/mol. The molecule has 0 aliphatic heterocycles. The third kappa shape index (κ3) is 4.39. The molecule has 1 N–H and O–H groups in total. The topological polar surface area (TPSA) is 46.2 Å². The van der Waals surface area contributed by atoms with Gasteiger partial charge in [-0.2, -0.15) is 0 Å². The summed E-state index contributed by atoms with van der Waals surface area (Å²) in [7, 11) is -3.38. The number of hydrogen-bond donors (Lipinski definition) is 1. The Hall–Kier alpha value is -1.02. The van der Waals surface area contributed by atoms with Crippen LogP contribution < -0.4 is 10.2 Å². The molecule has 1 aromatic rings. The fourth-order valence-corrected chi connectivity index (χ4v) is 2.17. The van der Waals surface area contributed by atoms with Gasteiger partial charge in [0.25, 0.3) is 0 Å². The standard InChI is InChI=1S/C9H12BF3NO2S/c1-7(14-17(2,15)16)8-3-5-9(6-4-8)10(11,12)13/h3-7,14H,1-2H3/q-1/t7-/m0/s1. The Morgan fingerprint density at radius 1 is 1.18 bits per heavy atom. The van der Waals surface area contributed by atoms with Crippen molar-refractivity contribution in [3.63, 3.8) is 0 Å². The van der Waals surface area contributed by atoms with Crippen LogP contribution in [-0.2, 0) is 10.0 Å². The molecule has 96 valence electrons. The highest BCUT2D eigenvalue weighted by Gasteiger charge is 2.25. The maximum absolute atomic E-state index is 12.3. The molecule has 0 saturated heterocycles. The van der Waals surface area contributed by atoms with Crippen LogP contribution in [-0.4, -0.2) is 21.7 Å². The van der Waals surface area contributed by atoms with Crippen LogP contribution in [0.1, 0.15) is 18.5 Å². The summed E-state index contributed by atoms with van der Waals surface area (Å²) in [5, 5.41) is 0. The molecule has 0 fully saturated rings. The van der Waals surface area contributed by atoms with Crippen molar-refractivity contribution in [1.29, 1.82) is 0 Å². The molecule has 0 aliphatic rings. The quantitative estimate of drug-likeness (QED) is 0.836. The van der Waals surface area contributed by atoms with E-state index >= 15 is 0 Å². The SMILES string of the molecule is C[C@H](NS(C)(=O)=O)c1ccc([B-](F)(F)F)cc1. The van der Waals surface area contributed by atoms with Crippen LogP contribution in [0, 0.1) is 0 Å². The van der Waals surface area contributed by atoms with Gasteiger partial charge in [-0.25, -0.2) is 13.1 Å². The maximum atomic E-state index is 12.3. The largest absolute Gasteiger partial charge is 0.509 e. The summed E-state index contributed by atoms with van der Waals surface area (Å²) < 4.78 is 61.2. The minimum Gasteiger partial charge on any atom is -0.445 e. The van der Waals surface area contributed by atoms with Crippen LogP contribution in [0.2, 0.25) is 0 Å². The van der Waals surface area contributed by atoms with Crippen molar-refractivity contribution in [2.45, 2.75) is 13.0 Å². The van der Waals surface area contributed by atoms with Crippen molar-refractivity contribution in [2.75, 3.05) is 6.26 Å². The first-order valence-electron chi connectivity index (χ1n) is 4.87. The highest BCUT2D eigenvalue weighted by Crippen LogP contribution is 2.14. The van der Waals surface area contributed by atoms with E-state index in [2.05, 4.69) is 4.72 Å². The molecular formula is C9H12BF3NO2S-. The molecule has 1 atom stereocenters. The van der Waals surface area contributed by atoms with Gasteiger partial charge in [-0.3, -0.25) is 0 Å². The Balaban J connectivity index is 2.88. The van der Waals surface area contributed by atoms with E-state index in [1.54, 1.807) is 6.92 Å². The molecule has 0 aliphatic carbocycles. The van der Waals surface area contributed by atoms with E-state index in [9.17, 15) is 21.4 Å². The third-order valence-electron chi connectivity index (χ3n) is 2.21. The molecule has 0 amide bonds. The average Bonchev–Trinajstić information content (AvgIpc) is 2.14. The molecular weight excluding hydrogens is 254 g/mol. The van der Waals surface area contributed by atoms with Gasteiger partial charge in [0.15, 0.2) is 0 Å². The first kappa shape index (κ1) is 14.0. The molecule has 8 heteroatoms. The van der Waals surface area contributed by atoms with E-state index in [4.69, 9.17) is 0 Å². The summed E-state index contributed by atoms with van der Waals surface area (Å²) in [6, 6.07) is 3.90. The van der Waals surface area contributed by atoms with Crippen LogP contribution in [0.25, 0.3) is 0 Å². The summed E-state index contributed by atoms with van der Waals surface area (Å²) in [4.78, 5) is 0. The molecule has 1 rings (SSSR count). The monoisotopic (exact) mass is 266 g/mol. The van der Waals surface area contributed by atoms with Gasteiger partial charge in [-0.15, -0.1) is 5.46 Å². The van der Waals surface area contributed by atoms with Crippen LogP contribution >= 0.6 is 0 Å². The summed E-state index contributed by atoms with van der Waals surface area (Å²) in [6.45, 7) is -3.45. The Kier molecular flexibility index (Phi) is 3.88. The van der Waals surface area contributed by atoms with E-state index in [0.717, 1.165) is 18.4 Å². The van der Waals surface area contributed by atoms with Gasteiger partial charge < -0.3 is 12.9 Å². The first-order valence-corrected chi connectivity index (χ1v) is 6.76. The number of nitrogens with one attached hydrogen (secondary N) is 1. The van der Waals surface area contributed by atoms with Gasteiger partial charge in [0, 0.05) is 6.04 Å². The van der Waals surface area contributed by atoms with Gasteiger partial charge in [0.1, 0.15) is 0 Å². The molecule has 0 heterocycles. The van der Waals surface area contributed by atoms with Crippen molar-refractivity contribution in [3.8, 4) is 0 Å². The van der Waals surface area contributed by atoms with Crippen LogP contribution in [0.4, 0.5) is 12.9 Å². The zero-order chi connectivity index (χ0) is 13.3. The van der Waals surface area contributed by atoms with Crippen LogP contribution in [0.15, 0.2) is 24.3 Å². The lowest BCUT2D eigenvalue weighted by Gasteiger charge is -2.17. The minimum absolute atomic E-state index is 0.485. The summed E-state index contributed by atoms with van der Waals surface area (Å²) >= 11 is 0. The van der Waals surface area contributed by atoms with E-state index in [-0.39, 0.29) is 0 Å². The number of hydrogen-bond acceptors (Lipinski definition) is 2. The lowest BCUT2D eigenvalue weighted by molar-refractivity contribution is 0.501. The molecule has 1 aromatic carbocycles. The molecule has 0 spiro atoms. The summed E-state index contributed by atoms with van der Waals surface area (Å²) in [6.07, 6.45) is 0.997. The zero-order valence-corrected chi connectivity index (χ0v) is 10.1. The number of rotatable bonds is 4. The Morgan fingerprint density at radius 2 is 1.65 bits per heavy atom. The van der Waals surface area contributed by atoms with E-state index < -0.39 is 28.5 Å². The number of benzene rings is 1. The number of sulfonamides is 1. The van der Waals surface area contributed by atoms with Crippen molar-refractivity contribution in [3.05, 3.63) is 29.8 Å². The molecule has 3 nitrogen and oxygen atoms in total. The van der Waals surface area contributed by atoms with Gasteiger partial charge in [-0.1, -0.05) is 24.3 Å². The predicted molar refractivity (Wildman–Crippen MR) is 61.5 cm³/mol. The second-order valence-electron chi connectivity index (χ2n) is 3.85. The Bertz CT molecular complexity index is 484. The van der Waals surface area contributed by atoms with Crippen molar-refractivity contribution in [1.82, 2.24) is 4.72 Å². The fraction of sp³-hybridized carbons (Fsp3) is 0.333.